The van der Waals surface area contributed by atoms with Gasteiger partial charge in [-0.3, -0.25) is 9.78 Å². The molecule has 8 nitrogen and oxygen atoms in total. The van der Waals surface area contributed by atoms with Gasteiger partial charge in [0.1, 0.15) is 17.2 Å². The molecule has 1 saturated carbocycles. The molecule has 0 bridgehead atoms. The highest BCUT2D eigenvalue weighted by Gasteiger charge is 2.32. The van der Waals surface area contributed by atoms with Crippen molar-refractivity contribution in [2.45, 2.75) is 64.3 Å². The van der Waals surface area contributed by atoms with Gasteiger partial charge in [-0.05, 0) is 61.6 Å². The molecule has 1 aliphatic carbocycles. The predicted octanol–water partition coefficient (Wildman–Crippen LogP) is 6.75. The lowest BCUT2D eigenvalue weighted by Crippen LogP contribution is -2.30. The highest BCUT2D eigenvalue weighted by Crippen LogP contribution is 2.32. The van der Waals surface area contributed by atoms with E-state index in [9.17, 15) is 31.1 Å². The number of rotatable bonds is 6. The first-order valence-corrected chi connectivity index (χ1v) is 12.7. The number of benzene rings is 1. The molecule has 218 valence electrons. The fourth-order valence-corrected chi connectivity index (χ4v) is 4.42. The SMILES string of the molecule is Cc1cccc(F)c1.O=c1c(C2CCCCC2)cc(-c2noc(C(F)F)n2)nn1Cc1ncccc1OC(F)(F)F. The van der Waals surface area contributed by atoms with Gasteiger partial charge in [0.2, 0.25) is 5.82 Å². The van der Waals surface area contributed by atoms with Gasteiger partial charge < -0.3 is 9.26 Å². The zero-order chi connectivity index (χ0) is 29.6. The zero-order valence-corrected chi connectivity index (χ0v) is 21.7. The van der Waals surface area contributed by atoms with Crippen LogP contribution in [0.15, 0.2) is 58.0 Å². The van der Waals surface area contributed by atoms with Gasteiger partial charge in [-0.2, -0.15) is 18.9 Å². The Bertz CT molecular complexity index is 1500. The summed E-state index contributed by atoms with van der Waals surface area (Å²) in [5, 5.41) is 7.61. The van der Waals surface area contributed by atoms with E-state index in [2.05, 4.69) is 29.5 Å². The summed E-state index contributed by atoms with van der Waals surface area (Å²) in [4.78, 5) is 20.7. The first-order valence-electron chi connectivity index (χ1n) is 12.7. The number of aromatic nitrogens is 5. The second-order valence-electron chi connectivity index (χ2n) is 9.33. The van der Waals surface area contributed by atoms with Gasteiger partial charge >= 0.3 is 12.8 Å². The number of alkyl halides is 5. The van der Waals surface area contributed by atoms with Crippen LogP contribution in [0.4, 0.5) is 26.3 Å². The molecule has 4 aromatic rings. The third-order valence-corrected chi connectivity index (χ3v) is 6.26. The highest BCUT2D eigenvalue weighted by molar-refractivity contribution is 5.49. The quantitative estimate of drug-likeness (QED) is 0.232. The minimum atomic E-state index is -4.96. The number of hydrogen-bond donors (Lipinski definition) is 0. The summed E-state index contributed by atoms with van der Waals surface area (Å²) in [6.45, 7) is 1.42. The lowest BCUT2D eigenvalue weighted by Gasteiger charge is -2.22. The summed E-state index contributed by atoms with van der Waals surface area (Å²) in [6.07, 6.45) is -2.39. The van der Waals surface area contributed by atoms with Crippen molar-refractivity contribution in [3.05, 3.63) is 87.5 Å². The minimum Gasteiger partial charge on any atom is -0.404 e. The van der Waals surface area contributed by atoms with Crippen LogP contribution in [0, 0.1) is 12.7 Å². The maximum atomic E-state index is 13.2. The lowest BCUT2D eigenvalue weighted by atomic mass is 9.84. The summed E-state index contributed by atoms with van der Waals surface area (Å²) in [6, 6.07) is 10.3. The van der Waals surface area contributed by atoms with Crippen LogP contribution in [-0.4, -0.2) is 31.3 Å². The van der Waals surface area contributed by atoms with Crippen molar-refractivity contribution < 1.29 is 35.6 Å². The Labute approximate surface area is 230 Å². The number of aryl methyl sites for hydroxylation is 1. The molecular formula is C27H25F6N5O3. The predicted molar refractivity (Wildman–Crippen MR) is 134 cm³/mol. The molecule has 0 N–H and O–H groups in total. The first kappa shape index (κ1) is 29.7. The van der Waals surface area contributed by atoms with Gasteiger partial charge in [0.15, 0.2) is 5.75 Å². The number of ether oxygens (including phenoxy) is 1. The molecule has 3 heterocycles. The van der Waals surface area contributed by atoms with Crippen molar-refractivity contribution in [1.29, 1.82) is 0 Å². The molecule has 0 unspecified atom stereocenters. The van der Waals surface area contributed by atoms with Crippen molar-refractivity contribution in [2.75, 3.05) is 0 Å². The van der Waals surface area contributed by atoms with Crippen LogP contribution in [0.5, 0.6) is 5.75 Å². The van der Waals surface area contributed by atoms with Crippen LogP contribution in [0.25, 0.3) is 11.5 Å². The Hall–Kier alpha value is -4.23. The second-order valence-corrected chi connectivity index (χ2v) is 9.33. The Balaban J connectivity index is 0.000000417. The molecule has 0 spiro atoms. The fraction of sp³-hybridized carbons (Fsp3) is 0.370. The van der Waals surface area contributed by atoms with Gasteiger partial charge in [0.05, 0.1) is 6.54 Å². The van der Waals surface area contributed by atoms with Crippen LogP contribution in [-0.2, 0) is 6.54 Å². The molecule has 0 saturated heterocycles. The molecule has 5 rings (SSSR count). The lowest BCUT2D eigenvalue weighted by molar-refractivity contribution is -0.275. The van der Waals surface area contributed by atoms with Gasteiger partial charge in [-0.1, -0.05) is 36.6 Å². The van der Waals surface area contributed by atoms with Crippen LogP contribution in [0.3, 0.4) is 0 Å². The third-order valence-electron chi connectivity index (χ3n) is 6.26. The molecule has 0 aliphatic heterocycles. The number of halogens is 6. The number of hydrogen-bond acceptors (Lipinski definition) is 7. The van der Waals surface area contributed by atoms with E-state index in [4.69, 9.17) is 0 Å². The average molecular weight is 582 g/mol. The third kappa shape index (κ3) is 8.14. The molecule has 1 fully saturated rings. The van der Waals surface area contributed by atoms with Crippen LogP contribution in [0.2, 0.25) is 0 Å². The van der Waals surface area contributed by atoms with E-state index in [-0.39, 0.29) is 28.9 Å². The highest BCUT2D eigenvalue weighted by atomic mass is 19.4. The van der Waals surface area contributed by atoms with Crippen molar-refractivity contribution in [2.24, 2.45) is 0 Å². The second kappa shape index (κ2) is 13.0. The van der Waals surface area contributed by atoms with E-state index in [1.54, 1.807) is 6.07 Å². The van der Waals surface area contributed by atoms with Gasteiger partial charge in [-0.15, -0.1) is 13.2 Å². The maximum Gasteiger partial charge on any atom is 0.573 e. The molecular weight excluding hydrogens is 556 g/mol. The molecule has 0 atom stereocenters. The van der Waals surface area contributed by atoms with E-state index in [0.717, 1.165) is 48.4 Å². The van der Waals surface area contributed by atoms with Crippen molar-refractivity contribution in [3.8, 4) is 17.3 Å². The molecule has 14 heteroatoms. The van der Waals surface area contributed by atoms with Gasteiger partial charge in [0.25, 0.3) is 11.4 Å². The smallest absolute Gasteiger partial charge is 0.404 e. The van der Waals surface area contributed by atoms with Crippen molar-refractivity contribution in [3.63, 3.8) is 0 Å². The van der Waals surface area contributed by atoms with E-state index in [1.165, 1.54) is 30.5 Å². The van der Waals surface area contributed by atoms with Crippen LogP contribution < -0.4 is 10.3 Å². The summed E-state index contributed by atoms with van der Waals surface area (Å²) < 4.78 is 85.7. The molecule has 0 radical (unpaired) electrons. The Morgan fingerprint density at radius 1 is 1.10 bits per heavy atom. The Kier molecular flexibility index (Phi) is 9.40. The van der Waals surface area contributed by atoms with E-state index in [0.29, 0.717) is 5.56 Å². The molecule has 1 aliphatic rings. The molecule has 3 aromatic heterocycles. The minimum absolute atomic E-state index is 0.0138. The molecule has 1 aromatic carbocycles. The number of nitrogens with zero attached hydrogens (tertiary/aromatic N) is 5. The largest absolute Gasteiger partial charge is 0.573 e. The summed E-state index contributed by atoms with van der Waals surface area (Å²) in [5.74, 6) is -2.03. The monoisotopic (exact) mass is 581 g/mol. The average Bonchev–Trinajstić information content (AvgIpc) is 3.42. The van der Waals surface area contributed by atoms with Crippen molar-refractivity contribution >= 4 is 0 Å². The van der Waals surface area contributed by atoms with Crippen LogP contribution in [0.1, 0.15) is 67.2 Å². The summed E-state index contributed by atoms with van der Waals surface area (Å²) in [7, 11) is 0. The van der Waals surface area contributed by atoms with Gasteiger partial charge in [-0.25, -0.2) is 9.07 Å². The topological polar surface area (TPSA) is 95.9 Å². The Morgan fingerprint density at radius 2 is 1.85 bits per heavy atom. The standard InChI is InChI=1S/C20H18F5N5O3.C7H7F/c21-16(22)18-27-17(29-33-18)13-9-12(11-5-2-1-3-6-11)19(31)30(28-13)10-14-15(7-4-8-26-14)32-20(23,24)25;1-6-3-2-4-7(8)5-6/h4,7-9,11,16H,1-3,5-6,10H2;2-5H,1H3. The Morgan fingerprint density at radius 3 is 2.46 bits per heavy atom. The van der Waals surface area contributed by atoms with Crippen LogP contribution >= 0.6 is 0 Å². The first-order chi connectivity index (χ1) is 19.5. The summed E-state index contributed by atoms with van der Waals surface area (Å²) in [5.41, 5.74) is 0.603. The summed E-state index contributed by atoms with van der Waals surface area (Å²) >= 11 is 0. The zero-order valence-electron chi connectivity index (χ0n) is 21.7. The fourth-order valence-electron chi connectivity index (χ4n) is 4.42. The normalized spacial score (nSPS) is 14.0. The van der Waals surface area contributed by atoms with E-state index >= 15 is 0 Å². The van der Waals surface area contributed by atoms with Gasteiger partial charge in [0, 0.05) is 11.8 Å². The number of pyridine rings is 1. The van der Waals surface area contributed by atoms with Crippen molar-refractivity contribution in [1.82, 2.24) is 24.9 Å². The molecule has 41 heavy (non-hydrogen) atoms. The van der Waals surface area contributed by atoms with E-state index < -0.39 is 36.5 Å². The molecule has 0 amide bonds. The maximum absolute atomic E-state index is 13.2. The van der Waals surface area contributed by atoms with E-state index in [1.807, 2.05) is 13.0 Å².